The van der Waals surface area contributed by atoms with E-state index in [9.17, 15) is 4.79 Å². The molecule has 0 aromatic rings. The maximum Gasteiger partial charge on any atom is 0.264 e. The van der Waals surface area contributed by atoms with Crippen LogP contribution in [0.3, 0.4) is 0 Å². The van der Waals surface area contributed by atoms with Gasteiger partial charge in [-0.1, -0.05) is 6.58 Å². The van der Waals surface area contributed by atoms with Crippen molar-refractivity contribution in [1.29, 1.82) is 0 Å². The Morgan fingerprint density at radius 1 is 1.62 bits per heavy atom. The molecule has 5 N–H and O–H groups in total. The van der Waals surface area contributed by atoms with E-state index in [0.717, 1.165) is 5.57 Å². The number of hydrazine groups is 1. The first-order valence-corrected chi connectivity index (χ1v) is 4.28. The van der Waals surface area contributed by atoms with Crippen LogP contribution in [0, 0.1) is 0 Å². The third-order valence-electron chi connectivity index (χ3n) is 1.34. The van der Waals surface area contributed by atoms with Gasteiger partial charge in [-0.15, -0.1) is 0 Å². The molecular weight excluding hydrogens is 234 g/mol. The van der Waals surface area contributed by atoms with Crippen LogP contribution in [0.2, 0.25) is 0 Å². The molecule has 0 aromatic heterocycles. The zero-order chi connectivity index (χ0) is 10.4. The van der Waals surface area contributed by atoms with Gasteiger partial charge in [-0.3, -0.25) is 10.2 Å². The fourth-order valence-corrected chi connectivity index (χ4v) is 0.734. The molecule has 0 saturated heterocycles. The molecule has 0 unspecified atom stereocenters. The van der Waals surface area contributed by atoms with E-state index in [0.29, 0.717) is 4.48 Å². The van der Waals surface area contributed by atoms with Crippen LogP contribution in [0.5, 0.6) is 0 Å². The van der Waals surface area contributed by atoms with Crippen LogP contribution in [0.25, 0.3) is 0 Å². The van der Waals surface area contributed by atoms with Crippen molar-refractivity contribution < 1.29 is 4.79 Å². The number of halogens is 1. The van der Waals surface area contributed by atoms with Crippen LogP contribution in [0.4, 0.5) is 0 Å². The van der Waals surface area contributed by atoms with Crippen LogP contribution >= 0.6 is 15.9 Å². The molecule has 4 nitrogen and oxygen atoms in total. The number of carbonyl (C=O) groups excluding carboxylic acids is 1. The zero-order valence-corrected chi connectivity index (χ0v) is 8.89. The van der Waals surface area contributed by atoms with Gasteiger partial charge >= 0.3 is 0 Å². The van der Waals surface area contributed by atoms with E-state index in [2.05, 4.69) is 22.5 Å². The zero-order valence-electron chi connectivity index (χ0n) is 7.30. The molecule has 0 atom stereocenters. The molecule has 72 valence electrons. The normalized spacial score (nSPS) is 12.5. The Bertz CT molecular complexity index is 281. The molecule has 0 rings (SSSR count). The van der Waals surface area contributed by atoms with Crippen molar-refractivity contribution in [2.75, 3.05) is 0 Å². The number of nitrogens with one attached hydrogen (secondary N) is 1. The lowest BCUT2D eigenvalue weighted by Crippen LogP contribution is -2.30. The van der Waals surface area contributed by atoms with E-state index in [1.807, 2.05) is 5.43 Å². The Hall–Kier alpha value is -1.07. The van der Waals surface area contributed by atoms with Gasteiger partial charge in [-0.05, 0) is 34.5 Å². The minimum Gasteiger partial charge on any atom is -0.404 e. The molecule has 1 amide bonds. The van der Waals surface area contributed by atoms with E-state index in [1.54, 1.807) is 13.0 Å². The lowest BCUT2D eigenvalue weighted by molar-refractivity contribution is -0.117. The minimum atomic E-state index is -0.420. The summed E-state index contributed by atoms with van der Waals surface area (Å²) in [6.45, 7) is 5.32. The summed E-state index contributed by atoms with van der Waals surface area (Å²) in [5.41, 5.74) is 8.31. The predicted octanol–water partition coefficient (Wildman–Crippen LogP) is 0.674. The second-order valence-electron chi connectivity index (χ2n) is 2.34. The maximum atomic E-state index is 10.9. The predicted molar refractivity (Wildman–Crippen MR) is 56.4 cm³/mol. The number of allylic oxidation sites excluding steroid dienone is 2. The summed E-state index contributed by atoms with van der Waals surface area (Å²) in [7, 11) is 0. The molecule has 0 heterocycles. The molecule has 13 heavy (non-hydrogen) atoms. The van der Waals surface area contributed by atoms with E-state index in [4.69, 9.17) is 11.6 Å². The molecular formula is C8H12BrN3O. The minimum absolute atomic E-state index is 0.277. The van der Waals surface area contributed by atoms with Gasteiger partial charge in [-0.25, -0.2) is 5.84 Å². The number of rotatable bonds is 3. The second-order valence-corrected chi connectivity index (χ2v) is 3.19. The smallest absolute Gasteiger partial charge is 0.264 e. The highest BCUT2D eigenvalue weighted by atomic mass is 79.9. The first kappa shape index (κ1) is 11.9. The quantitative estimate of drug-likeness (QED) is 0.225. The summed E-state index contributed by atoms with van der Waals surface area (Å²) in [6.07, 6.45) is 2.97. The third-order valence-corrected chi connectivity index (χ3v) is 2.23. The highest BCUT2D eigenvalue weighted by Gasteiger charge is 2.02. The molecule has 0 radical (unpaired) electrons. The average molecular weight is 246 g/mol. The Balaban J connectivity index is 4.58. The summed E-state index contributed by atoms with van der Waals surface area (Å²) in [5, 5.41) is 0. The molecule has 0 bridgehead atoms. The number of nitrogens with two attached hydrogens (primary N) is 2. The van der Waals surface area contributed by atoms with Crippen molar-refractivity contribution >= 4 is 21.8 Å². The third kappa shape index (κ3) is 3.91. The van der Waals surface area contributed by atoms with E-state index < -0.39 is 5.91 Å². The molecule has 0 aliphatic rings. The lowest BCUT2D eigenvalue weighted by Gasteiger charge is -2.00. The molecule has 0 fully saturated rings. The highest BCUT2D eigenvalue weighted by molar-refractivity contribution is 9.11. The first-order valence-electron chi connectivity index (χ1n) is 3.48. The van der Waals surface area contributed by atoms with Gasteiger partial charge in [0, 0.05) is 16.3 Å². The van der Waals surface area contributed by atoms with Crippen molar-refractivity contribution in [3.8, 4) is 0 Å². The Morgan fingerprint density at radius 3 is 2.54 bits per heavy atom. The van der Waals surface area contributed by atoms with Crippen molar-refractivity contribution in [1.82, 2.24) is 5.43 Å². The van der Waals surface area contributed by atoms with Crippen molar-refractivity contribution in [2.45, 2.75) is 6.92 Å². The monoisotopic (exact) mass is 245 g/mol. The van der Waals surface area contributed by atoms with Crippen molar-refractivity contribution in [3.05, 3.63) is 34.5 Å². The van der Waals surface area contributed by atoms with Gasteiger partial charge < -0.3 is 5.73 Å². The van der Waals surface area contributed by atoms with Crippen LogP contribution in [-0.2, 0) is 4.79 Å². The van der Waals surface area contributed by atoms with Crippen LogP contribution < -0.4 is 17.0 Å². The molecule has 0 saturated carbocycles. The lowest BCUT2D eigenvalue weighted by atomic mass is 10.2. The first-order chi connectivity index (χ1) is 6.02. The molecule has 0 spiro atoms. The van der Waals surface area contributed by atoms with Gasteiger partial charge in [0.1, 0.15) is 0 Å². The van der Waals surface area contributed by atoms with Gasteiger partial charge in [0.25, 0.3) is 5.91 Å². The highest BCUT2D eigenvalue weighted by Crippen LogP contribution is 2.16. The Kier molecular flexibility index (Phi) is 5.10. The average Bonchev–Trinajstić information content (AvgIpc) is 2.14. The Morgan fingerprint density at radius 2 is 2.15 bits per heavy atom. The van der Waals surface area contributed by atoms with Crippen LogP contribution in [0.15, 0.2) is 34.5 Å². The summed E-state index contributed by atoms with van der Waals surface area (Å²) < 4.78 is 0.707. The van der Waals surface area contributed by atoms with Crippen LogP contribution in [-0.4, -0.2) is 5.91 Å². The molecule has 0 aromatic carbocycles. The van der Waals surface area contributed by atoms with Gasteiger partial charge in [0.05, 0.1) is 0 Å². The molecule has 5 heteroatoms. The number of hydrogen-bond donors (Lipinski definition) is 3. The van der Waals surface area contributed by atoms with E-state index in [-0.39, 0.29) is 5.57 Å². The Labute approximate surface area is 85.5 Å². The van der Waals surface area contributed by atoms with Gasteiger partial charge in [0.2, 0.25) is 0 Å². The number of amides is 1. The summed E-state index contributed by atoms with van der Waals surface area (Å²) >= 11 is 3.21. The van der Waals surface area contributed by atoms with Gasteiger partial charge in [0.15, 0.2) is 0 Å². The molecule has 0 aliphatic carbocycles. The van der Waals surface area contributed by atoms with E-state index in [1.165, 1.54) is 6.20 Å². The van der Waals surface area contributed by atoms with Crippen molar-refractivity contribution in [2.24, 2.45) is 11.6 Å². The van der Waals surface area contributed by atoms with Crippen molar-refractivity contribution in [3.63, 3.8) is 0 Å². The van der Waals surface area contributed by atoms with Crippen LogP contribution in [0.1, 0.15) is 6.92 Å². The van der Waals surface area contributed by atoms with Gasteiger partial charge in [-0.2, -0.15) is 0 Å². The molecule has 0 aliphatic heterocycles. The SMILES string of the molecule is C=C(/C=C(C)\C(Br)=C/N)C(=O)NN. The largest absolute Gasteiger partial charge is 0.404 e. The summed E-state index contributed by atoms with van der Waals surface area (Å²) in [6, 6.07) is 0. The summed E-state index contributed by atoms with van der Waals surface area (Å²) in [4.78, 5) is 10.9. The topological polar surface area (TPSA) is 81.1 Å². The number of carbonyl (C=O) groups is 1. The second kappa shape index (κ2) is 5.55. The standard InChI is InChI=1S/C8H12BrN3O/c1-5(7(9)4-10)3-6(2)8(13)12-11/h3-4H,2,10-11H2,1H3,(H,12,13)/b5-3-,7-4+. The fourth-order valence-electron chi connectivity index (χ4n) is 0.620. The summed E-state index contributed by atoms with van der Waals surface area (Å²) in [5.74, 6) is 4.50. The van der Waals surface area contributed by atoms with E-state index >= 15 is 0 Å². The maximum absolute atomic E-state index is 10.9. The number of hydrogen-bond acceptors (Lipinski definition) is 3. The fraction of sp³-hybridized carbons (Fsp3) is 0.125.